The molecule has 0 fully saturated rings. The van der Waals surface area contributed by atoms with Crippen molar-refractivity contribution in [3.05, 3.63) is 77.9 Å². The third-order valence-corrected chi connectivity index (χ3v) is 2.65. The van der Waals surface area contributed by atoms with Gasteiger partial charge in [-0.1, -0.05) is 54.8 Å². The van der Waals surface area contributed by atoms with Gasteiger partial charge in [0, 0.05) is 11.1 Å². The van der Waals surface area contributed by atoms with Gasteiger partial charge in [-0.15, -0.1) is 0 Å². The normalized spacial score (nSPS) is 9.32. The van der Waals surface area contributed by atoms with Crippen molar-refractivity contribution >= 4 is 0 Å². The summed E-state index contributed by atoms with van der Waals surface area (Å²) < 4.78 is 5.68. The fourth-order valence-corrected chi connectivity index (χ4v) is 1.60. The lowest BCUT2D eigenvalue weighted by Gasteiger charge is -2.07. The van der Waals surface area contributed by atoms with E-state index in [1.54, 1.807) is 0 Å². The number of aryl methyl sites for hydroxylation is 1. The van der Waals surface area contributed by atoms with E-state index in [-0.39, 0.29) is 0 Å². The van der Waals surface area contributed by atoms with Gasteiger partial charge in [-0.25, -0.2) is 0 Å². The van der Waals surface area contributed by atoms with E-state index < -0.39 is 0 Å². The number of hydrogen-bond acceptors (Lipinski definition) is 1. The quantitative estimate of drug-likeness (QED) is 0.746. The van der Waals surface area contributed by atoms with Crippen molar-refractivity contribution in [1.82, 2.24) is 0 Å². The summed E-state index contributed by atoms with van der Waals surface area (Å²) in [5, 5.41) is 0. The van der Waals surface area contributed by atoms with E-state index in [1.165, 1.54) is 0 Å². The van der Waals surface area contributed by atoms with Gasteiger partial charge in [-0.2, -0.15) is 0 Å². The van der Waals surface area contributed by atoms with E-state index in [1.807, 2.05) is 61.5 Å². The van der Waals surface area contributed by atoms with E-state index in [0.717, 1.165) is 22.4 Å². The van der Waals surface area contributed by atoms with E-state index in [0.29, 0.717) is 6.61 Å². The predicted octanol–water partition coefficient (Wildman–Crippen LogP) is 3.98. The summed E-state index contributed by atoms with van der Waals surface area (Å²) in [6, 6.07) is 17.8. The summed E-state index contributed by atoms with van der Waals surface area (Å²) in [6.45, 7) is 6.36. The molecule has 0 heterocycles. The molecule has 0 aliphatic carbocycles. The Bertz CT molecular complexity index is 615. The lowest BCUT2D eigenvalue weighted by Crippen LogP contribution is -2.00. The lowest BCUT2D eigenvalue weighted by molar-refractivity contribution is 0.354. The molecule has 0 N–H and O–H groups in total. The molecule has 19 heavy (non-hydrogen) atoms. The highest BCUT2D eigenvalue weighted by Gasteiger charge is 1.97. The molecule has 1 nitrogen and oxygen atoms in total. The Balaban J connectivity index is 1.93. The van der Waals surface area contributed by atoms with Crippen LogP contribution in [-0.4, -0.2) is 6.61 Å². The number of para-hydroxylation sites is 1. The number of hydrogen-bond donors (Lipinski definition) is 0. The molecule has 0 radical (unpaired) electrons. The average molecular weight is 248 g/mol. The molecule has 0 aromatic heterocycles. The molecular formula is C18H16O. The molecule has 2 aromatic carbocycles. The van der Waals surface area contributed by atoms with Crippen LogP contribution >= 0.6 is 0 Å². The number of ether oxygens (including phenoxy) is 1. The minimum absolute atomic E-state index is 0.421. The average Bonchev–Trinajstić information content (AvgIpc) is 2.45. The second-order valence-corrected chi connectivity index (χ2v) is 4.27. The molecule has 0 unspecified atom stereocenters. The first-order valence-corrected chi connectivity index (χ1v) is 6.19. The van der Waals surface area contributed by atoms with E-state index >= 15 is 0 Å². The minimum atomic E-state index is 0.421. The fraction of sp³-hybridized carbons (Fsp3) is 0.111. The largest absolute Gasteiger partial charge is 0.488 e. The molecule has 0 saturated heterocycles. The summed E-state index contributed by atoms with van der Waals surface area (Å²) in [7, 11) is 0. The van der Waals surface area contributed by atoms with Gasteiger partial charge < -0.3 is 4.74 Å². The first-order chi connectivity index (χ1) is 9.25. The summed E-state index contributed by atoms with van der Waals surface area (Å²) in [5.74, 6) is 6.96. The van der Waals surface area contributed by atoms with Gasteiger partial charge in [0.05, 0.1) is 0 Å². The molecule has 2 aromatic rings. The maximum absolute atomic E-state index is 5.68. The summed E-state index contributed by atoms with van der Waals surface area (Å²) in [6.07, 6.45) is 0. The third kappa shape index (κ3) is 4.04. The van der Waals surface area contributed by atoms with Gasteiger partial charge in [0.25, 0.3) is 0 Å². The number of rotatable bonds is 3. The first-order valence-electron chi connectivity index (χ1n) is 6.19. The first kappa shape index (κ1) is 13.0. The van der Waals surface area contributed by atoms with E-state index in [4.69, 9.17) is 4.74 Å². The molecule has 0 aliphatic rings. The molecule has 0 amide bonds. The van der Waals surface area contributed by atoms with Crippen LogP contribution < -0.4 is 4.74 Å². The second kappa shape index (κ2) is 6.47. The summed E-state index contributed by atoms with van der Waals surface area (Å²) in [4.78, 5) is 0. The Labute approximate surface area is 114 Å². The Morgan fingerprint density at radius 1 is 1.05 bits per heavy atom. The van der Waals surface area contributed by atoms with Crippen LogP contribution in [0.15, 0.2) is 66.7 Å². The Kier molecular flexibility index (Phi) is 4.42. The molecular weight excluding hydrogens is 232 g/mol. The minimum Gasteiger partial charge on any atom is -0.488 e. The predicted molar refractivity (Wildman–Crippen MR) is 79.1 cm³/mol. The highest BCUT2D eigenvalue weighted by Crippen LogP contribution is 2.16. The molecule has 0 aliphatic heterocycles. The third-order valence-electron chi connectivity index (χ3n) is 2.65. The Morgan fingerprint density at radius 2 is 1.74 bits per heavy atom. The van der Waals surface area contributed by atoms with Gasteiger partial charge in [-0.05, 0) is 30.7 Å². The van der Waals surface area contributed by atoms with Crippen LogP contribution in [0.25, 0.3) is 0 Å². The van der Waals surface area contributed by atoms with Crippen molar-refractivity contribution in [2.45, 2.75) is 6.92 Å². The van der Waals surface area contributed by atoms with Gasteiger partial charge >= 0.3 is 0 Å². The van der Waals surface area contributed by atoms with E-state index in [2.05, 4.69) is 18.4 Å². The van der Waals surface area contributed by atoms with Crippen LogP contribution in [0.5, 0.6) is 5.75 Å². The highest BCUT2D eigenvalue weighted by atomic mass is 16.5. The SMILES string of the molecule is C=C(C#Cc1ccccc1)COc1ccccc1C. The highest BCUT2D eigenvalue weighted by molar-refractivity contribution is 5.40. The van der Waals surface area contributed by atoms with Gasteiger partial charge in [-0.3, -0.25) is 0 Å². The van der Waals surface area contributed by atoms with Crippen molar-refractivity contribution in [3.8, 4) is 17.6 Å². The smallest absolute Gasteiger partial charge is 0.122 e. The van der Waals surface area contributed by atoms with E-state index in [9.17, 15) is 0 Å². The summed E-state index contributed by atoms with van der Waals surface area (Å²) >= 11 is 0. The lowest BCUT2D eigenvalue weighted by atomic mass is 10.2. The zero-order chi connectivity index (χ0) is 13.5. The monoisotopic (exact) mass is 248 g/mol. The van der Waals surface area contributed by atoms with Crippen LogP contribution in [0, 0.1) is 18.8 Å². The molecule has 0 spiro atoms. The van der Waals surface area contributed by atoms with Crippen LogP contribution in [0.3, 0.4) is 0 Å². The van der Waals surface area contributed by atoms with Crippen molar-refractivity contribution in [3.63, 3.8) is 0 Å². The van der Waals surface area contributed by atoms with Crippen molar-refractivity contribution in [2.24, 2.45) is 0 Å². The van der Waals surface area contributed by atoms with Crippen LogP contribution in [0.1, 0.15) is 11.1 Å². The standard InChI is InChI=1S/C18H16O/c1-15(12-13-17-9-4-3-5-10-17)14-19-18-11-7-6-8-16(18)2/h3-11H,1,14H2,2H3. The molecule has 94 valence electrons. The Morgan fingerprint density at radius 3 is 2.47 bits per heavy atom. The molecule has 0 bridgehead atoms. The molecule has 0 atom stereocenters. The maximum Gasteiger partial charge on any atom is 0.122 e. The van der Waals surface area contributed by atoms with Crippen LogP contribution in [-0.2, 0) is 0 Å². The zero-order valence-electron chi connectivity index (χ0n) is 11.0. The Hall–Kier alpha value is -2.46. The fourth-order valence-electron chi connectivity index (χ4n) is 1.60. The zero-order valence-corrected chi connectivity index (χ0v) is 11.0. The van der Waals surface area contributed by atoms with Gasteiger partial charge in [0.15, 0.2) is 0 Å². The van der Waals surface area contributed by atoms with Crippen LogP contribution in [0.2, 0.25) is 0 Å². The van der Waals surface area contributed by atoms with Crippen molar-refractivity contribution in [1.29, 1.82) is 0 Å². The second-order valence-electron chi connectivity index (χ2n) is 4.27. The van der Waals surface area contributed by atoms with Crippen molar-refractivity contribution in [2.75, 3.05) is 6.61 Å². The van der Waals surface area contributed by atoms with Gasteiger partial charge in [0.1, 0.15) is 12.4 Å². The molecule has 1 heteroatoms. The molecule has 0 saturated carbocycles. The number of benzene rings is 2. The van der Waals surface area contributed by atoms with Crippen LogP contribution in [0.4, 0.5) is 0 Å². The topological polar surface area (TPSA) is 9.23 Å². The van der Waals surface area contributed by atoms with Gasteiger partial charge in [0.2, 0.25) is 0 Å². The maximum atomic E-state index is 5.68. The summed E-state index contributed by atoms with van der Waals surface area (Å²) in [5.41, 5.74) is 2.87. The molecule has 2 rings (SSSR count). The van der Waals surface area contributed by atoms with Crippen molar-refractivity contribution < 1.29 is 4.74 Å².